The summed E-state index contributed by atoms with van der Waals surface area (Å²) in [7, 11) is 1.65. The van der Waals surface area contributed by atoms with Crippen LogP contribution in [0.3, 0.4) is 0 Å². The molecule has 1 aromatic carbocycles. The van der Waals surface area contributed by atoms with Crippen LogP contribution >= 0.6 is 11.6 Å². The van der Waals surface area contributed by atoms with E-state index < -0.39 is 5.41 Å². The van der Waals surface area contributed by atoms with Gasteiger partial charge >= 0.3 is 0 Å². The van der Waals surface area contributed by atoms with Gasteiger partial charge < -0.3 is 5.32 Å². The fourth-order valence-electron chi connectivity index (χ4n) is 2.13. The van der Waals surface area contributed by atoms with Gasteiger partial charge in [-0.1, -0.05) is 32.4 Å². The summed E-state index contributed by atoms with van der Waals surface area (Å²) in [5, 5.41) is 3.91. The van der Waals surface area contributed by atoms with Crippen molar-refractivity contribution >= 4 is 28.4 Å². The molecule has 0 spiro atoms. The van der Waals surface area contributed by atoms with Crippen LogP contribution in [0.5, 0.6) is 0 Å². The molecule has 1 aromatic heterocycles. The topological polar surface area (TPSA) is 64.0 Å². The number of hydrogen-bond donors (Lipinski definition) is 1. The van der Waals surface area contributed by atoms with E-state index in [-0.39, 0.29) is 17.5 Å². The molecule has 118 valence electrons. The number of aromatic nitrogens is 2. The maximum absolute atomic E-state index is 12.4. The van der Waals surface area contributed by atoms with E-state index in [9.17, 15) is 9.59 Å². The van der Waals surface area contributed by atoms with Crippen molar-refractivity contribution in [2.45, 2.75) is 33.7 Å². The molecule has 1 N–H and O–H groups in total. The first-order valence-corrected chi connectivity index (χ1v) is 7.46. The Hall–Kier alpha value is -1.88. The molecule has 1 amide bonds. The maximum Gasteiger partial charge on any atom is 0.261 e. The number of benzene rings is 1. The van der Waals surface area contributed by atoms with E-state index in [0.29, 0.717) is 21.7 Å². The highest BCUT2D eigenvalue weighted by Crippen LogP contribution is 2.19. The summed E-state index contributed by atoms with van der Waals surface area (Å²) in [6.07, 6.45) is 0. The molecule has 0 saturated carbocycles. The van der Waals surface area contributed by atoms with Gasteiger partial charge in [0.25, 0.3) is 5.56 Å². The van der Waals surface area contributed by atoms with E-state index in [1.54, 1.807) is 25.2 Å². The summed E-state index contributed by atoms with van der Waals surface area (Å²) < 4.78 is 1.46. The highest BCUT2D eigenvalue weighted by atomic mass is 35.5. The Labute approximate surface area is 134 Å². The molecule has 0 radical (unpaired) electrons. The first-order valence-electron chi connectivity index (χ1n) is 7.08. The molecule has 0 fully saturated rings. The number of amides is 1. The van der Waals surface area contributed by atoms with Gasteiger partial charge in [-0.05, 0) is 25.1 Å². The molecule has 1 heterocycles. The molecular formula is C16H20ClN3O2. The lowest BCUT2D eigenvalue weighted by Gasteiger charge is -2.22. The van der Waals surface area contributed by atoms with Gasteiger partial charge in [0, 0.05) is 17.5 Å². The van der Waals surface area contributed by atoms with Crippen LogP contribution in [0.15, 0.2) is 23.0 Å². The van der Waals surface area contributed by atoms with Gasteiger partial charge in [0.2, 0.25) is 5.91 Å². The second-order valence-electron chi connectivity index (χ2n) is 6.44. The van der Waals surface area contributed by atoms with Gasteiger partial charge in [-0.3, -0.25) is 14.2 Å². The molecule has 0 aliphatic carbocycles. The Morgan fingerprint density at radius 1 is 1.36 bits per heavy atom. The zero-order chi connectivity index (χ0) is 16.7. The quantitative estimate of drug-likeness (QED) is 0.925. The lowest BCUT2D eigenvalue weighted by atomic mass is 9.95. The molecule has 0 aliphatic rings. The fraction of sp³-hybridized carbons (Fsp3) is 0.438. The second-order valence-corrected chi connectivity index (χ2v) is 6.88. The van der Waals surface area contributed by atoms with Crippen molar-refractivity contribution in [3.63, 3.8) is 0 Å². The number of carbonyl (C=O) groups excluding carboxylic acids is 1. The molecule has 2 aromatic rings. The van der Waals surface area contributed by atoms with E-state index in [2.05, 4.69) is 10.3 Å². The van der Waals surface area contributed by atoms with Gasteiger partial charge in [0.1, 0.15) is 5.82 Å². The first-order chi connectivity index (χ1) is 10.1. The Balaban J connectivity index is 2.49. The van der Waals surface area contributed by atoms with E-state index in [4.69, 9.17) is 11.6 Å². The van der Waals surface area contributed by atoms with Gasteiger partial charge in [-0.15, -0.1) is 0 Å². The van der Waals surface area contributed by atoms with Crippen molar-refractivity contribution in [1.29, 1.82) is 0 Å². The summed E-state index contributed by atoms with van der Waals surface area (Å²) in [6.45, 7) is 7.31. The highest BCUT2D eigenvalue weighted by Gasteiger charge is 2.24. The third-order valence-electron chi connectivity index (χ3n) is 3.49. The third kappa shape index (κ3) is 3.14. The van der Waals surface area contributed by atoms with Crippen LogP contribution in [0.1, 0.15) is 39.6 Å². The minimum absolute atomic E-state index is 0.0968. The normalized spacial score (nSPS) is 13.2. The molecule has 0 bridgehead atoms. The van der Waals surface area contributed by atoms with Crippen LogP contribution in [0, 0.1) is 5.41 Å². The second kappa shape index (κ2) is 5.72. The average Bonchev–Trinajstić information content (AvgIpc) is 2.41. The minimum Gasteiger partial charge on any atom is -0.346 e. The Bertz CT molecular complexity index is 790. The molecular weight excluding hydrogens is 302 g/mol. The predicted octanol–water partition coefficient (Wildman–Crippen LogP) is 2.81. The number of carbonyl (C=O) groups is 1. The maximum atomic E-state index is 12.4. The number of halogens is 1. The van der Waals surface area contributed by atoms with Crippen molar-refractivity contribution in [2.24, 2.45) is 12.5 Å². The zero-order valence-corrected chi connectivity index (χ0v) is 14.2. The number of fused-ring (bicyclic) bond motifs is 1. The summed E-state index contributed by atoms with van der Waals surface area (Å²) in [4.78, 5) is 29.0. The monoisotopic (exact) mass is 321 g/mol. The largest absolute Gasteiger partial charge is 0.346 e. The van der Waals surface area contributed by atoms with Gasteiger partial charge in [0.05, 0.1) is 16.9 Å². The van der Waals surface area contributed by atoms with Crippen LogP contribution in [0.4, 0.5) is 0 Å². The predicted molar refractivity (Wildman–Crippen MR) is 88.0 cm³/mol. The lowest BCUT2D eigenvalue weighted by molar-refractivity contribution is -0.129. The summed E-state index contributed by atoms with van der Waals surface area (Å²) >= 11 is 5.97. The van der Waals surface area contributed by atoms with Crippen LogP contribution in [0.2, 0.25) is 5.02 Å². The summed E-state index contributed by atoms with van der Waals surface area (Å²) in [5.74, 6) is 0.401. The third-order valence-corrected chi connectivity index (χ3v) is 3.72. The van der Waals surface area contributed by atoms with Gasteiger partial charge in [0.15, 0.2) is 0 Å². The van der Waals surface area contributed by atoms with Crippen LogP contribution in [-0.4, -0.2) is 15.5 Å². The van der Waals surface area contributed by atoms with Crippen molar-refractivity contribution in [3.05, 3.63) is 39.4 Å². The molecule has 2 rings (SSSR count). The van der Waals surface area contributed by atoms with Gasteiger partial charge in [-0.25, -0.2) is 4.98 Å². The molecule has 5 nitrogen and oxygen atoms in total. The Morgan fingerprint density at radius 3 is 2.59 bits per heavy atom. The van der Waals surface area contributed by atoms with Crippen LogP contribution in [-0.2, 0) is 11.8 Å². The standard InChI is InChI=1S/C16H20ClN3O2/c1-9(18-15(22)16(2,3)4)13-19-12-8-10(17)6-7-11(12)14(21)20(13)5/h6-9H,1-5H3,(H,18,22)/t9-/m0/s1. The number of nitrogens with one attached hydrogen (secondary N) is 1. The molecule has 0 unspecified atom stereocenters. The molecule has 0 saturated heterocycles. The summed E-state index contributed by atoms with van der Waals surface area (Å²) in [5.41, 5.74) is -0.135. The van der Waals surface area contributed by atoms with Crippen molar-refractivity contribution < 1.29 is 4.79 Å². The summed E-state index contributed by atoms with van der Waals surface area (Å²) in [6, 6.07) is 4.60. The number of rotatable bonds is 2. The number of nitrogens with zero attached hydrogens (tertiary/aromatic N) is 2. The van der Waals surface area contributed by atoms with Crippen LogP contribution < -0.4 is 10.9 Å². The SMILES string of the molecule is C[C@H](NC(=O)C(C)(C)C)c1nc2cc(Cl)ccc2c(=O)n1C. The Kier molecular flexibility index (Phi) is 4.29. The van der Waals surface area contributed by atoms with E-state index in [0.717, 1.165) is 0 Å². The van der Waals surface area contributed by atoms with Crippen molar-refractivity contribution in [3.8, 4) is 0 Å². The van der Waals surface area contributed by atoms with Crippen molar-refractivity contribution in [2.75, 3.05) is 0 Å². The molecule has 1 atom stereocenters. The fourth-order valence-corrected chi connectivity index (χ4v) is 2.29. The van der Waals surface area contributed by atoms with Crippen LogP contribution in [0.25, 0.3) is 10.9 Å². The van der Waals surface area contributed by atoms with E-state index in [1.165, 1.54) is 4.57 Å². The molecule has 22 heavy (non-hydrogen) atoms. The smallest absolute Gasteiger partial charge is 0.261 e. The van der Waals surface area contributed by atoms with E-state index >= 15 is 0 Å². The minimum atomic E-state index is -0.507. The Morgan fingerprint density at radius 2 is 2.00 bits per heavy atom. The van der Waals surface area contributed by atoms with Gasteiger partial charge in [-0.2, -0.15) is 0 Å². The number of hydrogen-bond acceptors (Lipinski definition) is 3. The first kappa shape index (κ1) is 16.5. The van der Waals surface area contributed by atoms with E-state index in [1.807, 2.05) is 27.7 Å². The average molecular weight is 322 g/mol. The lowest BCUT2D eigenvalue weighted by Crippen LogP contribution is -2.38. The highest BCUT2D eigenvalue weighted by molar-refractivity contribution is 6.31. The molecule has 0 aliphatic heterocycles. The van der Waals surface area contributed by atoms with Crippen molar-refractivity contribution in [1.82, 2.24) is 14.9 Å². The molecule has 6 heteroatoms. The zero-order valence-electron chi connectivity index (χ0n) is 13.4.